The second kappa shape index (κ2) is 7.18. The van der Waals surface area contributed by atoms with Gasteiger partial charge in [-0.2, -0.15) is 0 Å². The van der Waals surface area contributed by atoms with E-state index in [0.717, 1.165) is 22.3 Å². The highest BCUT2D eigenvalue weighted by atomic mass is 19.1. The van der Waals surface area contributed by atoms with Gasteiger partial charge in [0.25, 0.3) is 0 Å². The summed E-state index contributed by atoms with van der Waals surface area (Å²) in [6, 6.07) is 17.1. The first kappa shape index (κ1) is 16.1. The Morgan fingerprint density at radius 2 is 1.71 bits per heavy atom. The van der Waals surface area contributed by atoms with E-state index >= 15 is 0 Å². The third-order valence-electron chi connectivity index (χ3n) is 3.91. The fourth-order valence-corrected chi connectivity index (χ4v) is 2.59. The topological polar surface area (TPSA) is 18.5 Å². The predicted octanol–water partition coefficient (Wildman–Crippen LogP) is 5.61. The standard InChI is InChI=1S/C21H19FO2/c1-3-4-13-24-18-9-5-15(6-10-18)16-7-11-19-17(14-16)8-12-20(23-2)21(19)22/h3-12,14H,13H2,1-2H3. The SMILES string of the molecule is CC=CCOc1ccc(-c2ccc3c(F)c(OC)ccc3c2)cc1. The zero-order valence-corrected chi connectivity index (χ0v) is 13.8. The minimum absolute atomic E-state index is 0.262. The van der Waals surface area contributed by atoms with Crippen molar-refractivity contribution in [3.8, 4) is 22.6 Å². The number of allylic oxidation sites excluding steroid dienone is 1. The van der Waals surface area contributed by atoms with Gasteiger partial charge in [0.2, 0.25) is 0 Å². The van der Waals surface area contributed by atoms with Crippen LogP contribution in [0.15, 0.2) is 66.7 Å². The quantitative estimate of drug-likeness (QED) is 0.568. The van der Waals surface area contributed by atoms with Gasteiger partial charge in [0.15, 0.2) is 11.6 Å². The lowest BCUT2D eigenvalue weighted by Gasteiger charge is -2.09. The van der Waals surface area contributed by atoms with Crippen molar-refractivity contribution in [3.63, 3.8) is 0 Å². The minimum Gasteiger partial charge on any atom is -0.494 e. The van der Waals surface area contributed by atoms with Crippen LogP contribution in [0.25, 0.3) is 21.9 Å². The largest absolute Gasteiger partial charge is 0.494 e. The third kappa shape index (κ3) is 3.25. The number of methoxy groups -OCH3 is 1. The Hall–Kier alpha value is -2.81. The Morgan fingerprint density at radius 1 is 0.958 bits per heavy atom. The van der Waals surface area contributed by atoms with Crippen LogP contribution in [0.4, 0.5) is 4.39 Å². The molecule has 0 radical (unpaired) electrons. The molecule has 24 heavy (non-hydrogen) atoms. The molecule has 0 fully saturated rings. The van der Waals surface area contributed by atoms with Crippen LogP contribution in [0.2, 0.25) is 0 Å². The zero-order valence-electron chi connectivity index (χ0n) is 13.8. The molecule has 0 aliphatic carbocycles. The summed E-state index contributed by atoms with van der Waals surface area (Å²) in [7, 11) is 1.47. The Kier molecular flexibility index (Phi) is 4.80. The summed E-state index contributed by atoms with van der Waals surface area (Å²) >= 11 is 0. The molecule has 0 amide bonds. The summed E-state index contributed by atoms with van der Waals surface area (Å²) in [4.78, 5) is 0. The first-order valence-electron chi connectivity index (χ1n) is 7.83. The van der Waals surface area contributed by atoms with Crippen LogP contribution in [-0.4, -0.2) is 13.7 Å². The highest BCUT2D eigenvalue weighted by Gasteiger charge is 2.08. The average Bonchev–Trinajstić information content (AvgIpc) is 2.63. The lowest BCUT2D eigenvalue weighted by Crippen LogP contribution is -1.92. The molecule has 0 unspecified atom stereocenters. The molecule has 0 aliphatic rings. The number of hydrogen-bond acceptors (Lipinski definition) is 2. The molecule has 0 spiro atoms. The molecule has 0 aliphatic heterocycles. The molecule has 3 heteroatoms. The summed E-state index contributed by atoms with van der Waals surface area (Å²) in [6.45, 7) is 2.53. The van der Waals surface area contributed by atoms with Crippen LogP contribution < -0.4 is 9.47 Å². The van der Waals surface area contributed by atoms with E-state index in [2.05, 4.69) is 0 Å². The number of benzene rings is 3. The lowest BCUT2D eigenvalue weighted by molar-refractivity contribution is 0.363. The van der Waals surface area contributed by atoms with E-state index in [1.165, 1.54) is 7.11 Å². The van der Waals surface area contributed by atoms with E-state index < -0.39 is 0 Å². The van der Waals surface area contributed by atoms with Crippen LogP contribution in [0.5, 0.6) is 11.5 Å². The van der Waals surface area contributed by atoms with Gasteiger partial charge in [-0.3, -0.25) is 0 Å². The Balaban J connectivity index is 1.89. The maximum atomic E-state index is 14.3. The monoisotopic (exact) mass is 322 g/mol. The summed E-state index contributed by atoms with van der Waals surface area (Å²) in [5, 5.41) is 1.41. The van der Waals surface area contributed by atoms with Crippen molar-refractivity contribution in [1.82, 2.24) is 0 Å². The normalized spacial score (nSPS) is 11.1. The second-order valence-electron chi connectivity index (χ2n) is 5.42. The van der Waals surface area contributed by atoms with Gasteiger partial charge in [-0.1, -0.05) is 42.5 Å². The van der Waals surface area contributed by atoms with E-state index in [1.54, 1.807) is 12.1 Å². The Labute approximate surface area is 141 Å². The number of hydrogen-bond donors (Lipinski definition) is 0. The van der Waals surface area contributed by atoms with E-state index in [9.17, 15) is 4.39 Å². The molecule has 3 aromatic carbocycles. The molecule has 0 saturated carbocycles. The van der Waals surface area contributed by atoms with Gasteiger partial charge in [-0.15, -0.1) is 0 Å². The maximum Gasteiger partial charge on any atom is 0.172 e. The van der Waals surface area contributed by atoms with Crippen LogP contribution in [0.1, 0.15) is 6.92 Å². The first-order valence-corrected chi connectivity index (χ1v) is 7.83. The van der Waals surface area contributed by atoms with Crippen LogP contribution in [0.3, 0.4) is 0 Å². The van der Waals surface area contributed by atoms with Crippen molar-refractivity contribution in [2.45, 2.75) is 6.92 Å². The summed E-state index contributed by atoms with van der Waals surface area (Å²) in [6.07, 6.45) is 3.91. The van der Waals surface area contributed by atoms with Crippen LogP contribution >= 0.6 is 0 Å². The van der Waals surface area contributed by atoms with Crippen molar-refractivity contribution in [2.75, 3.05) is 13.7 Å². The van der Waals surface area contributed by atoms with Crippen molar-refractivity contribution in [2.24, 2.45) is 0 Å². The van der Waals surface area contributed by atoms with Gasteiger partial charge < -0.3 is 9.47 Å². The molecule has 122 valence electrons. The highest BCUT2D eigenvalue weighted by molar-refractivity contribution is 5.89. The molecule has 0 aromatic heterocycles. The number of rotatable bonds is 5. The number of halogens is 1. The Morgan fingerprint density at radius 3 is 2.42 bits per heavy atom. The van der Waals surface area contributed by atoms with Crippen LogP contribution in [-0.2, 0) is 0 Å². The van der Waals surface area contributed by atoms with Gasteiger partial charge >= 0.3 is 0 Å². The smallest absolute Gasteiger partial charge is 0.172 e. The zero-order chi connectivity index (χ0) is 16.9. The van der Waals surface area contributed by atoms with Gasteiger partial charge in [-0.25, -0.2) is 4.39 Å². The molecule has 0 N–H and O–H groups in total. The molecule has 0 saturated heterocycles. The van der Waals surface area contributed by atoms with Crippen molar-refractivity contribution in [3.05, 3.63) is 72.6 Å². The Bertz CT molecular complexity index is 867. The second-order valence-corrected chi connectivity index (χ2v) is 5.42. The fraction of sp³-hybridized carbons (Fsp3) is 0.143. The number of fused-ring (bicyclic) bond motifs is 1. The molecule has 0 heterocycles. The first-order chi connectivity index (χ1) is 11.7. The number of ether oxygens (including phenoxy) is 2. The minimum atomic E-state index is -0.325. The molecule has 3 aromatic rings. The summed E-state index contributed by atoms with van der Waals surface area (Å²) in [5.74, 6) is 0.764. The van der Waals surface area contributed by atoms with Crippen LogP contribution in [0, 0.1) is 5.82 Å². The third-order valence-corrected chi connectivity index (χ3v) is 3.91. The molecule has 0 bridgehead atoms. The highest BCUT2D eigenvalue weighted by Crippen LogP contribution is 2.30. The maximum absolute atomic E-state index is 14.3. The van der Waals surface area contributed by atoms with Gasteiger partial charge in [0, 0.05) is 5.39 Å². The van der Waals surface area contributed by atoms with E-state index in [1.807, 2.05) is 61.5 Å². The molecular formula is C21H19FO2. The van der Waals surface area contributed by atoms with Gasteiger partial charge in [0.1, 0.15) is 12.4 Å². The van der Waals surface area contributed by atoms with Gasteiger partial charge in [0.05, 0.1) is 7.11 Å². The molecule has 0 atom stereocenters. The predicted molar refractivity (Wildman–Crippen MR) is 96.2 cm³/mol. The lowest BCUT2D eigenvalue weighted by atomic mass is 10.0. The van der Waals surface area contributed by atoms with E-state index in [4.69, 9.17) is 9.47 Å². The molecule has 2 nitrogen and oxygen atoms in total. The van der Waals surface area contributed by atoms with Crippen molar-refractivity contribution >= 4 is 10.8 Å². The summed E-state index contributed by atoms with van der Waals surface area (Å²) in [5.41, 5.74) is 2.10. The fourth-order valence-electron chi connectivity index (χ4n) is 2.59. The van der Waals surface area contributed by atoms with Crippen molar-refractivity contribution < 1.29 is 13.9 Å². The molecular weight excluding hydrogens is 303 g/mol. The average molecular weight is 322 g/mol. The van der Waals surface area contributed by atoms with E-state index in [-0.39, 0.29) is 11.6 Å². The van der Waals surface area contributed by atoms with E-state index in [0.29, 0.717) is 12.0 Å². The summed E-state index contributed by atoms with van der Waals surface area (Å²) < 4.78 is 24.9. The molecule has 3 rings (SSSR count). The van der Waals surface area contributed by atoms with Crippen molar-refractivity contribution in [1.29, 1.82) is 0 Å². The van der Waals surface area contributed by atoms with Gasteiger partial charge in [-0.05, 0) is 47.7 Å².